The van der Waals surface area contributed by atoms with E-state index in [9.17, 15) is 5.11 Å². The van der Waals surface area contributed by atoms with Crippen molar-refractivity contribution in [1.29, 1.82) is 0 Å². The average Bonchev–Trinajstić information content (AvgIpc) is 2.71. The van der Waals surface area contributed by atoms with Gasteiger partial charge in [-0.2, -0.15) is 0 Å². The van der Waals surface area contributed by atoms with Gasteiger partial charge in [-0.1, -0.05) is 12.1 Å². The Morgan fingerprint density at radius 2 is 2.06 bits per heavy atom. The molecule has 1 aromatic carbocycles. The lowest BCUT2D eigenvalue weighted by Gasteiger charge is -2.11. The van der Waals surface area contributed by atoms with Crippen molar-refractivity contribution in [2.75, 3.05) is 26.1 Å². The zero-order valence-electron chi connectivity index (χ0n) is 10.1. The Morgan fingerprint density at radius 3 is 2.71 bits per heavy atom. The number of hydrogen-bond acceptors (Lipinski definition) is 4. The molecule has 0 aliphatic rings. The van der Waals surface area contributed by atoms with E-state index in [2.05, 4.69) is 0 Å². The molecule has 0 saturated heterocycles. The Morgan fingerprint density at radius 1 is 1.29 bits per heavy atom. The first kappa shape index (κ1) is 11.4. The number of rotatable bonds is 3. The molecule has 17 heavy (non-hydrogen) atoms. The van der Waals surface area contributed by atoms with Crippen molar-refractivity contribution < 1.29 is 14.3 Å². The number of furan rings is 1. The van der Waals surface area contributed by atoms with E-state index in [1.54, 1.807) is 7.11 Å². The highest BCUT2D eigenvalue weighted by Gasteiger charge is 2.17. The van der Waals surface area contributed by atoms with E-state index in [0.717, 1.165) is 11.3 Å². The Bertz CT molecular complexity index is 517. The van der Waals surface area contributed by atoms with Crippen molar-refractivity contribution in [2.45, 2.75) is 0 Å². The number of methoxy groups -OCH3 is 1. The lowest BCUT2D eigenvalue weighted by Crippen LogP contribution is -2.08. The molecule has 4 nitrogen and oxygen atoms in total. The maximum absolute atomic E-state index is 9.84. The molecular formula is C13H15NO3. The largest absolute Gasteiger partial charge is 0.504 e. The molecule has 0 aliphatic carbocycles. The van der Waals surface area contributed by atoms with Crippen LogP contribution in [0.15, 0.2) is 34.9 Å². The van der Waals surface area contributed by atoms with Gasteiger partial charge in [0.15, 0.2) is 5.75 Å². The van der Waals surface area contributed by atoms with Crippen LogP contribution in [0.2, 0.25) is 0 Å². The van der Waals surface area contributed by atoms with E-state index in [4.69, 9.17) is 9.15 Å². The summed E-state index contributed by atoms with van der Waals surface area (Å²) in [5, 5.41) is 9.84. The lowest BCUT2D eigenvalue weighted by atomic mass is 10.1. The van der Waals surface area contributed by atoms with Crippen LogP contribution >= 0.6 is 0 Å². The smallest absolute Gasteiger partial charge is 0.206 e. The SMILES string of the molecule is COc1cccc(-c2c(O)coc2N(C)C)c1. The van der Waals surface area contributed by atoms with Crippen molar-refractivity contribution in [3.63, 3.8) is 0 Å². The van der Waals surface area contributed by atoms with Gasteiger partial charge in [0.25, 0.3) is 0 Å². The molecule has 4 heteroatoms. The zero-order valence-corrected chi connectivity index (χ0v) is 10.1. The number of hydrogen-bond donors (Lipinski definition) is 1. The molecule has 0 aliphatic heterocycles. The molecule has 0 radical (unpaired) electrons. The quantitative estimate of drug-likeness (QED) is 0.885. The van der Waals surface area contributed by atoms with Gasteiger partial charge in [0.2, 0.25) is 5.88 Å². The van der Waals surface area contributed by atoms with E-state index >= 15 is 0 Å². The summed E-state index contributed by atoms with van der Waals surface area (Å²) in [6, 6.07) is 7.49. The van der Waals surface area contributed by atoms with E-state index < -0.39 is 0 Å². The van der Waals surface area contributed by atoms with Crippen LogP contribution in [0.1, 0.15) is 0 Å². The van der Waals surface area contributed by atoms with Gasteiger partial charge in [0, 0.05) is 14.1 Å². The van der Waals surface area contributed by atoms with Crippen LogP contribution in [0.5, 0.6) is 11.5 Å². The molecule has 1 N–H and O–H groups in total. The number of aromatic hydroxyl groups is 1. The second-order valence-electron chi connectivity index (χ2n) is 3.93. The van der Waals surface area contributed by atoms with Gasteiger partial charge in [-0.3, -0.25) is 0 Å². The Hall–Kier alpha value is -2.10. The second-order valence-corrected chi connectivity index (χ2v) is 3.93. The normalized spacial score (nSPS) is 10.3. The molecule has 0 atom stereocenters. The minimum absolute atomic E-state index is 0.127. The van der Waals surface area contributed by atoms with Gasteiger partial charge in [0.1, 0.15) is 12.0 Å². The number of benzene rings is 1. The number of ether oxygens (including phenoxy) is 1. The monoisotopic (exact) mass is 233 g/mol. The van der Waals surface area contributed by atoms with Gasteiger partial charge < -0.3 is 19.2 Å². The molecule has 2 rings (SSSR count). The van der Waals surface area contributed by atoms with Gasteiger partial charge in [-0.25, -0.2) is 0 Å². The predicted molar refractivity (Wildman–Crippen MR) is 66.7 cm³/mol. The summed E-state index contributed by atoms with van der Waals surface area (Å²) in [7, 11) is 5.34. The van der Waals surface area contributed by atoms with E-state index in [0.29, 0.717) is 11.4 Å². The molecule has 1 aromatic heterocycles. The first-order valence-electron chi connectivity index (χ1n) is 5.25. The second kappa shape index (κ2) is 4.41. The fourth-order valence-corrected chi connectivity index (χ4v) is 1.72. The number of nitrogens with zero attached hydrogens (tertiary/aromatic N) is 1. The maximum Gasteiger partial charge on any atom is 0.206 e. The van der Waals surface area contributed by atoms with Gasteiger partial charge in [-0.05, 0) is 17.7 Å². The molecular weight excluding hydrogens is 218 g/mol. The van der Waals surface area contributed by atoms with Gasteiger partial charge >= 0.3 is 0 Å². The third kappa shape index (κ3) is 2.06. The van der Waals surface area contributed by atoms with Crippen LogP contribution in [0.4, 0.5) is 5.88 Å². The summed E-state index contributed by atoms with van der Waals surface area (Å²) in [4.78, 5) is 1.81. The number of anilines is 1. The lowest BCUT2D eigenvalue weighted by molar-refractivity contribution is 0.415. The van der Waals surface area contributed by atoms with E-state index in [1.165, 1.54) is 6.26 Å². The first-order valence-corrected chi connectivity index (χ1v) is 5.25. The Kier molecular flexibility index (Phi) is 2.95. The molecule has 0 amide bonds. The van der Waals surface area contributed by atoms with Crippen LogP contribution < -0.4 is 9.64 Å². The fourth-order valence-electron chi connectivity index (χ4n) is 1.72. The third-order valence-electron chi connectivity index (χ3n) is 2.52. The van der Waals surface area contributed by atoms with E-state index in [-0.39, 0.29) is 5.75 Å². The van der Waals surface area contributed by atoms with Gasteiger partial charge in [0.05, 0.1) is 12.7 Å². The zero-order chi connectivity index (χ0) is 12.4. The van der Waals surface area contributed by atoms with Crippen molar-refractivity contribution >= 4 is 5.88 Å². The average molecular weight is 233 g/mol. The van der Waals surface area contributed by atoms with Crippen LogP contribution in [-0.4, -0.2) is 26.3 Å². The summed E-state index contributed by atoms with van der Waals surface area (Å²) in [5.41, 5.74) is 1.54. The molecule has 90 valence electrons. The minimum Gasteiger partial charge on any atom is -0.504 e. The molecule has 1 heterocycles. The molecule has 0 unspecified atom stereocenters. The fraction of sp³-hybridized carbons (Fsp3) is 0.231. The van der Waals surface area contributed by atoms with Crippen LogP contribution in [-0.2, 0) is 0 Å². The standard InChI is InChI=1S/C13H15NO3/c1-14(2)13-12(11(15)8-17-13)9-5-4-6-10(7-9)16-3/h4-8,15H,1-3H3. The van der Waals surface area contributed by atoms with Crippen molar-refractivity contribution in [2.24, 2.45) is 0 Å². The first-order chi connectivity index (χ1) is 8.13. The highest BCUT2D eigenvalue weighted by Crippen LogP contribution is 2.40. The molecule has 2 aromatic rings. The third-order valence-corrected chi connectivity index (χ3v) is 2.52. The molecule has 0 spiro atoms. The highest BCUT2D eigenvalue weighted by molar-refractivity contribution is 5.80. The summed E-state index contributed by atoms with van der Waals surface area (Å²) in [6.07, 6.45) is 1.34. The minimum atomic E-state index is 0.127. The van der Waals surface area contributed by atoms with Crippen LogP contribution in [0.25, 0.3) is 11.1 Å². The van der Waals surface area contributed by atoms with Crippen molar-refractivity contribution in [3.05, 3.63) is 30.5 Å². The Balaban J connectivity index is 2.55. The predicted octanol–water partition coefficient (Wildman–Crippen LogP) is 2.73. The van der Waals surface area contributed by atoms with Crippen molar-refractivity contribution in [1.82, 2.24) is 0 Å². The van der Waals surface area contributed by atoms with E-state index in [1.807, 2.05) is 43.3 Å². The summed E-state index contributed by atoms with van der Waals surface area (Å²) < 4.78 is 10.5. The van der Waals surface area contributed by atoms with Crippen molar-refractivity contribution in [3.8, 4) is 22.6 Å². The summed E-state index contributed by atoms with van der Waals surface area (Å²) in [5.74, 6) is 1.49. The van der Waals surface area contributed by atoms with Gasteiger partial charge in [-0.15, -0.1) is 0 Å². The van der Waals surface area contributed by atoms with Crippen LogP contribution in [0, 0.1) is 0 Å². The highest BCUT2D eigenvalue weighted by atomic mass is 16.5. The Labute approximate surface area is 100 Å². The van der Waals surface area contributed by atoms with Crippen LogP contribution in [0.3, 0.4) is 0 Å². The molecule has 0 saturated carbocycles. The molecule has 0 fully saturated rings. The molecule has 0 bridgehead atoms. The summed E-state index contributed by atoms with van der Waals surface area (Å²) in [6.45, 7) is 0. The maximum atomic E-state index is 9.84. The topological polar surface area (TPSA) is 45.8 Å². The summed E-state index contributed by atoms with van der Waals surface area (Å²) >= 11 is 0.